The van der Waals surface area contributed by atoms with Crippen LogP contribution in [0.4, 0.5) is 0 Å². The summed E-state index contributed by atoms with van der Waals surface area (Å²) in [6.45, 7) is 6.66. The molecule has 2 heterocycles. The normalized spacial score (nSPS) is 21.0. The van der Waals surface area contributed by atoms with Crippen LogP contribution in [0.2, 0.25) is 5.02 Å². The smallest absolute Gasteiger partial charge is 0.0561 e. The standard InChI is InChI=1S/C10H15ClN2S/c1-8(10-9(11)2-7-14-10)13-5-3-12-4-6-13/h2,7-8,12H,3-6H2,1H3/t8-/m0/s1. The molecular formula is C10H15ClN2S. The van der Waals surface area contributed by atoms with Gasteiger partial charge in [-0.1, -0.05) is 11.6 Å². The molecule has 0 spiro atoms. The van der Waals surface area contributed by atoms with Gasteiger partial charge in [0.15, 0.2) is 0 Å². The van der Waals surface area contributed by atoms with Crippen LogP contribution in [0.3, 0.4) is 0 Å². The summed E-state index contributed by atoms with van der Waals surface area (Å²) in [6.07, 6.45) is 0. The molecule has 2 rings (SSSR count). The lowest BCUT2D eigenvalue weighted by Crippen LogP contribution is -2.44. The van der Waals surface area contributed by atoms with Crippen molar-refractivity contribution in [2.75, 3.05) is 26.2 Å². The molecule has 0 aliphatic carbocycles. The highest BCUT2D eigenvalue weighted by Gasteiger charge is 2.20. The van der Waals surface area contributed by atoms with Crippen molar-refractivity contribution in [2.45, 2.75) is 13.0 Å². The van der Waals surface area contributed by atoms with Gasteiger partial charge < -0.3 is 5.32 Å². The highest BCUT2D eigenvalue weighted by Crippen LogP contribution is 2.31. The molecule has 1 N–H and O–H groups in total. The van der Waals surface area contributed by atoms with Crippen LogP contribution >= 0.6 is 22.9 Å². The minimum Gasteiger partial charge on any atom is -0.314 e. The summed E-state index contributed by atoms with van der Waals surface area (Å²) in [7, 11) is 0. The van der Waals surface area contributed by atoms with Gasteiger partial charge in [0.05, 0.1) is 5.02 Å². The Morgan fingerprint density at radius 3 is 2.79 bits per heavy atom. The number of nitrogens with zero attached hydrogens (tertiary/aromatic N) is 1. The van der Waals surface area contributed by atoms with Gasteiger partial charge in [-0.25, -0.2) is 0 Å². The third-order valence-corrected chi connectivity index (χ3v) is 4.25. The second kappa shape index (κ2) is 4.62. The zero-order valence-electron chi connectivity index (χ0n) is 8.29. The number of halogens is 1. The van der Waals surface area contributed by atoms with E-state index in [0.717, 1.165) is 31.2 Å². The van der Waals surface area contributed by atoms with Crippen molar-refractivity contribution in [3.63, 3.8) is 0 Å². The van der Waals surface area contributed by atoms with Gasteiger partial charge in [-0.2, -0.15) is 0 Å². The molecular weight excluding hydrogens is 216 g/mol. The first-order valence-corrected chi connectivity index (χ1v) is 6.22. The number of nitrogens with one attached hydrogen (secondary N) is 1. The van der Waals surface area contributed by atoms with Crippen LogP contribution in [0.1, 0.15) is 17.8 Å². The summed E-state index contributed by atoms with van der Waals surface area (Å²) in [5, 5.41) is 6.34. The average molecular weight is 231 g/mol. The topological polar surface area (TPSA) is 15.3 Å². The first-order chi connectivity index (χ1) is 6.79. The van der Waals surface area contributed by atoms with Gasteiger partial charge in [0.2, 0.25) is 0 Å². The molecule has 0 unspecified atom stereocenters. The van der Waals surface area contributed by atoms with Gasteiger partial charge in [0.25, 0.3) is 0 Å². The SMILES string of the molecule is C[C@@H](c1sccc1Cl)N1CCNCC1. The van der Waals surface area contributed by atoms with E-state index in [1.54, 1.807) is 11.3 Å². The predicted octanol–water partition coefficient (Wildman–Crippen LogP) is 2.37. The number of hydrogen-bond donors (Lipinski definition) is 1. The van der Waals surface area contributed by atoms with Crippen LogP contribution in [0.25, 0.3) is 0 Å². The maximum atomic E-state index is 6.12. The fourth-order valence-corrected chi connectivity index (χ4v) is 3.15. The molecule has 1 aliphatic heterocycles. The van der Waals surface area contributed by atoms with E-state index in [1.165, 1.54) is 4.88 Å². The molecule has 4 heteroatoms. The van der Waals surface area contributed by atoms with Crippen molar-refractivity contribution in [1.29, 1.82) is 0 Å². The van der Waals surface area contributed by atoms with Crippen LogP contribution in [0, 0.1) is 0 Å². The molecule has 2 nitrogen and oxygen atoms in total. The van der Waals surface area contributed by atoms with Crippen LogP contribution in [0.5, 0.6) is 0 Å². The molecule has 1 aromatic heterocycles. The Hall–Kier alpha value is -0.0900. The molecule has 1 aromatic rings. The van der Waals surface area contributed by atoms with Crippen molar-refractivity contribution >= 4 is 22.9 Å². The van der Waals surface area contributed by atoms with Gasteiger partial charge in [-0.3, -0.25) is 4.90 Å². The van der Waals surface area contributed by atoms with Crippen LogP contribution in [0.15, 0.2) is 11.4 Å². The van der Waals surface area contributed by atoms with Crippen molar-refractivity contribution in [2.24, 2.45) is 0 Å². The van der Waals surface area contributed by atoms with Crippen LogP contribution in [-0.4, -0.2) is 31.1 Å². The molecule has 0 bridgehead atoms. The van der Waals surface area contributed by atoms with E-state index in [-0.39, 0.29) is 0 Å². The lowest BCUT2D eigenvalue weighted by atomic mass is 10.2. The predicted molar refractivity (Wildman–Crippen MR) is 62.2 cm³/mol. The Morgan fingerprint density at radius 2 is 2.21 bits per heavy atom. The Kier molecular flexibility index (Phi) is 3.44. The molecule has 1 fully saturated rings. The van der Waals surface area contributed by atoms with Crippen molar-refractivity contribution in [3.05, 3.63) is 21.3 Å². The third-order valence-electron chi connectivity index (χ3n) is 2.72. The van der Waals surface area contributed by atoms with Crippen LogP contribution in [-0.2, 0) is 0 Å². The van der Waals surface area contributed by atoms with E-state index >= 15 is 0 Å². The fourth-order valence-electron chi connectivity index (χ4n) is 1.84. The molecule has 0 saturated carbocycles. The number of rotatable bonds is 2. The molecule has 14 heavy (non-hydrogen) atoms. The largest absolute Gasteiger partial charge is 0.314 e. The van der Waals surface area contributed by atoms with Gasteiger partial charge in [-0.05, 0) is 18.4 Å². The maximum absolute atomic E-state index is 6.12. The lowest BCUT2D eigenvalue weighted by Gasteiger charge is -2.32. The van der Waals surface area contributed by atoms with Crippen molar-refractivity contribution in [1.82, 2.24) is 10.2 Å². The summed E-state index contributed by atoms with van der Waals surface area (Å²) in [4.78, 5) is 3.78. The Bertz CT molecular complexity index is 294. The number of piperazine rings is 1. The van der Waals surface area contributed by atoms with E-state index in [2.05, 4.69) is 22.5 Å². The third kappa shape index (κ3) is 2.11. The van der Waals surface area contributed by atoms with Gasteiger partial charge in [-0.15, -0.1) is 11.3 Å². The van der Waals surface area contributed by atoms with Gasteiger partial charge >= 0.3 is 0 Å². The highest BCUT2D eigenvalue weighted by atomic mass is 35.5. The first-order valence-electron chi connectivity index (χ1n) is 4.96. The minimum absolute atomic E-state index is 0.463. The molecule has 1 aliphatic rings. The summed E-state index contributed by atoms with van der Waals surface area (Å²) in [5.41, 5.74) is 0. The van der Waals surface area contributed by atoms with Gasteiger partial charge in [0, 0.05) is 37.1 Å². The number of hydrogen-bond acceptors (Lipinski definition) is 3. The highest BCUT2D eigenvalue weighted by molar-refractivity contribution is 7.10. The monoisotopic (exact) mass is 230 g/mol. The van der Waals surface area contributed by atoms with Gasteiger partial charge in [0.1, 0.15) is 0 Å². The molecule has 0 aromatic carbocycles. The van der Waals surface area contributed by atoms with Crippen LogP contribution < -0.4 is 5.32 Å². The minimum atomic E-state index is 0.463. The fraction of sp³-hybridized carbons (Fsp3) is 0.600. The zero-order chi connectivity index (χ0) is 9.97. The lowest BCUT2D eigenvalue weighted by molar-refractivity contribution is 0.188. The second-order valence-electron chi connectivity index (χ2n) is 3.59. The summed E-state index contributed by atoms with van der Waals surface area (Å²) in [5.74, 6) is 0. The van der Waals surface area contributed by atoms with E-state index in [1.807, 2.05) is 6.07 Å². The van der Waals surface area contributed by atoms with Crippen molar-refractivity contribution in [3.8, 4) is 0 Å². The molecule has 78 valence electrons. The zero-order valence-corrected chi connectivity index (χ0v) is 9.87. The molecule has 0 radical (unpaired) electrons. The average Bonchev–Trinajstić information content (AvgIpc) is 2.65. The van der Waals surface area contributed by atoms with Crippen molar-refractivity contribution < 1.29 is 0 Å². The van der Waals surface area contributed by atoms with E-state index in [4.69, 9.17) is 11.6 Å². The summed E-state index contributed by atoms with van der Waals surface area (Å²) >= 11 is 7.88. The quantitative estimate of drug-likeness (QED) is 0.839. The van der Waals surface area contributed by atoms with E-state index in [9.17, 15) is 0 Å². The molecule has 1 saturated heterocycles. The molecule has 1 atom stereocenters. The number of thiophene rings is 1. The van der Waals surface area contributed by atoms with E-state index < -0.39 is 0 Å². The second-order valence-corrected chi connectivity index (χ2v) is 4.95. The summed E-state index contributed by atoms with van der Waals surface area (Å²) in [6, 6.07) is 2.45. The molecule has 0 amide bonds. The Balaban J connectivity index is 2.07. The Morgan fingerprint density at radius 1 is 1.50 bits per heavy atom. The summed E-state index contributed by atoms with van der Waals surface area (Å²) < 4.78 is 0. The maximum Gasteiger partial charge on any atom is 0.0561 e. The first kappa shape index (κ1) is 10.4. The Labute approximate surface area is 93.9 Å². The van der Waals surface area contributed by atoms with E-state index in [0.29, 0.717) is 6.04 Å².